The van der Waals surface area contributed by atoms with Crippen LogP contribution in [0.2, 0.25) is 0 Å². The van der Waals surface area contributed by atoms with Gasteiger partial charge in [0.25, 0.3) is 0 Å². The van der Waals surface area contributed by atoms with Crippen LogP contribution in [0.15, 0.2) is 0 Å². The Hall–Kier alpha value is -2.69. The van der Waals surface area contributed by atoms with Crippen molar-refractivity contribution >= 4 is 29.8 Å². The molecule has 1 saturated heterocycles. The van der Waals surface area contributed by atoms with Crippen LogP contribution in [-0.2, 0) is 52.4 Å². The Labute approximate surface area is 155 Å². The molecule has 0 aromatic rings. The van der Waals surface area contributed by atoms with Crippen molar-refractivity contribution in [2.75, 3.05) is 6.61 Å². The standard InChI is InChI=1S/C16H22O11/c1-7(17)22-6-12(23-8(2)18)13-14(24-9(3)19)15(25-10(4)20)16(27-13)26-11(5)21/h12-16H,6H2,1-5H3/t12-,13+,14-,15-,16+/m1/s1. The number of rotatable bonds is 7. The normalized spacial score (nSPS) is 25.1. The Morgan fingerprint density at radius 3 is 1.70 bits per heavy atom. The fourth-order valence-corrected chi connectivity index (χ4v) is 2.46. The SMILES string of the molecule is CC(=O)OC[C@@H](OC(C)=O)[C@@H]1O[C@H](OC(C)=O)[C@H](OC(C)=O)[C@@H]1OC(C)=O. The second kappa shape index (κ2) is 9.86. The van der Waals surface area contributed by atoms with Gasteiger partial charge >= 0.3 is 29.8 Å². The summed E-state index contributed by atoms with van der Waals surface area (Å²) in [4.78, 5) is 56.7. The van der Waals surface area contributed by atoms with E-state index in [1.165, 1.54) is 0 Å². The molecule has 27 heavy (non-hydrogen) atoms. The Kier molecular flexibility index (Phi) is 8.16. The zero-order valence-electron chi connectivity index (χ0n) is 15.6. The van der Waals surface area contributed by atoms with Crippen LogP contribution in [0.1, 0.15) is 34.6 Å². The molecule has 1 heterocycles. The summed E-state index contributed by atoms with van der Waals surface area (Å²) in [5, 5.41) is 0. The van der Waals surface area contributed by atoms with Gasteiger partial charge in [0.2, 0.25) is 12.4 Å². The minimum Gasteiger partial charge on any atom is -0.462 e. The molecule has 1 rings (SSSR count). The highest BCUT2D eigenvalue weighted by Gasteiger charge is 2.55. The van der Waals surface area contributed by atoms with Crippen LogP contribution in [0, 0.1) is 0 Å². The maximum atomic E-state index is 11.5. The Morgan fingerprint density at radius 2 is 1.26 bits per heavy atom. The van der Waals surface area contributed by atoms with Crippen LogP contribution in [0.5, 0.6) is 0 Å². The molecule has 11 heteroatoms. The molecule has 1 aliphatic rings. The summed E-state index contributed by atoms with van der Waals surface area (Å²) in [6, 6.07) is 0. The lowest BCUT2D eigenvalue weighted by Crippen LogP contribution is -2.46. The molecule has 0 saturated carbocycles. The van der Waals surface area contributed by atoms with Crippen molar-refractivity contribution in [3.63, 3.8) is 0 Å². The van der Waals surface area contributed by atoms with Crippen molar-refractivity contribution in [3.05, 3.63) is 0 Å². The second-order valence-corrected chi connectivity index (χ2v) is 5.68. The minimum absolute atomic E-state index is 0.420. The lowest BCUT2D eigenvalue weighted by Gasteiger charge is -2.27. The van der Waals surface area contributed by atoms with Crippen molar-refractivity contribution in [2.45, 2.75) is 65.3 Å². The van der Waals surface area contributed by atoms with Crippen LogP contribution in [-0.4, -0.2) is 67.2 Å². The number of ether oxygens (including phenoxy) is 6. The highest BCUT2D eigenvalue weighted by molar-refractivity contribution is 5.69. The largest absolute Gasteiger partial charge is 0.462 e. The first-order valence-electron chi connectivity index (χ1n) is 7.99. The lowest BCUT2D eigenvalue weighted by atomic mass is 10.1. The molecule has 0 spiro atoms. The van der Waals surface area contributed by atoms with Gasteiger partial charge in [-0.3, -0.25) is 24.0 Å². The van der Waals surface area contributed by atoms with Gasteiger partial charge in [-0.05, 0) is 0 Å². The number of hydrogen-bond acceptors (Lipinski definition) is 11. The summed E-state index contributed by atoms with van der Waals surface area (Å²) in [5.74, 6) is -3.62. The summed E-state index contributed by atoms with van der Waals surface area (Å²) in [6.07, 6.45) is -6.46. The van der Waals surface area contributed by atoms with Crippen LogP contribution in [0.4, 0.5) is 0 Å². The van der Waals surface area contributed by atoms with E-state index in [4.69, 9.17) is 28.4 Å². The third-order valence-corrected chi connectivity index (χ3v) is 3.23. The first-order valence-corrected chi connectivity index (χ1v) is 7.99. The maximum absolute atomic E-state index is 11.5. The van der Waals surface area contributed by atoms with Gasteiger partial charge in [-0.25, -0.2) is 0 Å². The van der Waals surface area contributed by atoms with Gasteiger partial charge in [-0.1, -0.05) is 0 Å². The third kappa shape index (κ3) is 7.21. The van der Waals surface area contributed by atoms with Crippen LogP contribution in [0.25, 0.3) is 0 Å². The molecule has 0 bridgehead atoms. The van der Waals surface area contributed by atoms with Gasteiger partial charge in [-0.15, -0.1) is 0 Å². The van der Waals surface area contributed by atoms with Gasteiger partial charge in [0.15, 0.2) is 12.2 Å². The average molecular weight is 390 g/mol. The quantitative estimate of drug-likeness (QED) is 0.415. The molecule has 0 radical (unpaired) electrons. The van der Waals surface area contributed by atoms with Gasteiger partial charge in [-0.2, -0.15) is 0 Å². The molecule has 11 nitrogen and oxygen atoms in total. The van der Waals surface area contributed by atoms with E-state index < -0.39 is 67.2 Å². The molecular weight excluding hydrogens is 368 g/mol. The van der Waals surface area contributed by atoms with E-state index in [-0.39, 0.29) is 0 Å². The van der Waals surface area contributed by atoms with Crippen molar-refractivity contribution < 1.29 is 52.4 Å². The van der Waals surface area contributed by atoms with Crippen molar-refractivity contribution in [1.29, 1.82) is 0 Å². The van der Waals surface area contributed by atoms with Gasteiger partial charge in [0.1, 0.15) is 12.7 Å². The second-order valence-electron chi connectivity index (χ2n) is 5.68. The summed E-state index contributed by atoms with van der Waals surface area (Å²) in [6.45, 7) is 5.15. The van der Waals surface area contributed by atoms with E-state index in [2.05, 4.69) is 0 Å². The predicted molar refractivity (Wildman–Crippen MR) is 83.7 cm³/mol. The topological polar surface area (TPSA) is 141 Å². The van der Waals surface area contributed by atoms with E-state index in [1.54, 1.807) is 0 Å². The molecule has 0 amide bonds. The zero-order valence-corrected chi connectivity index (χ0v) is 15.6. The van der Waals surface area contributed by atoms with Crippen LogP contribution >= 0.6 is 0 Å². The number of carbonyl (C=O) groups is 5. The van der Waals surface area contributed by atoms with Crippen molar-refractivity contribution in [1.82, 2.24) is 0 Å². The fraction of sp³-hybridized carbons (Fsp3) is 0.688. The molecule has 0 unspecified atom stereocenters. The first-order chi connectivity index (χ1) is 12.5. The van der Waals surface area contributed by atoms with E-state index in [0.717, 1.165) is 34.6 Å². The van der Waals surface area contributed by atoms with E-state index >= 15 is 0 Å². The average Bonchev–Trinajstić information content (AvgIpc) is 2.79. The zero-order chi connectivity index (χ0) is 20.7. The van der Waals surface area contributed by atoms with Crippen LogP contribution < -0.4 is 0 Å². The summed E-state index contributed by atoms with van der Waals surface area (Å²) < 4.78 is 30.7. The number of hydrogen-bond donors (Lipinski definition) is 0. The van der Waals surface area contributed by atoms with Gasteiger partial charge < -0.3 is 28.4 Å². The van der Waals surface area contributed by atoms with E-state index in [9.17, 15) is 24.0 Å². The number of carbonyl (C=O) groups excluding carboxylic acids is 5. The minimum atomic E-state index is -1.42. The fourth-order valence-electron chi connectivity index (χ4n) is 2.46. The van der Waals surface area contributed by atoms with Gasteiger partial charge in [0, 0.05) is 34.6 Å². The monoisotopic (exact) mass is 390 g/mol. The summed E-state index contributed by atoms with van der Waals surface area (Å²) >= 11 is 0. The lowest BCUT2D eigenvalue weighted by molar-refractivity contribution is -0.203. The molecule has 1 fully saturated rings. The highest BCUT2D eigenvalue weighted by Crippen LogP contribution is 2.31. The summed E-state index contributed by atoms with van der Waals surface area (Å²) in [7, 11) is 0. The van der Waals surface area contributed by atoms with Gasteiger partial charge in [0.05, 0.1) is 0 Å². The number of esters is 5. The van der Waals surface area contributed by atoms with E-state index in [0.29, 0.717) is 0 Å². The molecule has 5 atom stereocenters. The Balaban J connectivity index is 3.20. The Bertz CT molecular complexity index is 599. The first kappa shape index (κ1) is 22.4. The molecular formula is C16H22O11. The molecule has 1 aliphatic heterocycles. The highest BCUT2D eigenvalue weighted by atomic mass is 16.8. The van der Waals surface area contributed by atoms with E-state index in [1.807, 2.05) is 0 Å². The Morgan fingerprint density at radius 1 is 0.741 bits per heavy atom. The molecule has 0 aromatic heterocycles. The predicted octanol–water partition coefficient (Wildman–Crippen LogP) is -0.367. The smallest absolute Gasteiger partial charge is 0.305 e. The van der Waals surface area contributed by atoms with Crippen molar-refractivity contribution in [2.24, 2.45) is 0 Å². The maximum Gasteiger partial charge on any atom is 0.305 e. The van der Waals surface area contributed by atoms with Crippen molar-refractivity contribution in [3.8, 4) is 0 Å². The molecule has 152 valence electrons. The summed E-state index contributed by atoms with van der Waals surface area (Å²) in [5.41, 5.74) is 0. The third-order valence-electron chi connectivity index (χ3n) is 3.23. The van der Waals surface area contributed by atoms with Crippen LogP contribution in [0.3, 0.4) is 0 Å². The molecule has 0 aliphatic carbocycles. The molecule has 0 aromatic carbocycles. The molecule has 0 N–H and O–H groups in total.